The molecule has 0 saturated heterocycles. The third-order valence-electron chi connectivity index (χ3n) is 2.72. The van der Waals surface area contributed by atoms with Crippen LogP contribution in [0.25, 0.3) is 0 Å². The maximum Gasteiger partial charge on any atom is 0.129 e. The Morgan fingerprint density at radius 1 is 1.33 bits per heavy atom. The number of nitrogens with two attached hydrogens (primary N) is 1. The predicted molar refractivity (Wildman–Crippen MR) is 67.6 cm³/mol. The van der Waals surface area contributed by atoms with Gasteiger partial charge in [-0.2, -0.15) is 0 Å². The number of aryl methyl sites for hydroxylation is 1. The number of pyridine rings is 1. The van der Waals surface area contributed by atoms with Gasteiger partial charge < -0.3 is 10.5 Å². The zero-order valence-corrected chi connectivity index (χ0v) is 10.2. The minimum absolute atomic E-state index is 0.266. The second-order valence-electron chi connectivity index (χ2n) is 4.01. The van der Waals surface area contributed by atoms with Crippen LogP contribution in [0.4, 0.5) is 4.39 Å². The molecule has 1 heterocycles. The molecule has 0 aliphatic heterocycles. The first-order chi connectivity index (χ1) is 8.70. The highest BCUT2D eigenvalue weighted by atomic mass is 19.1. The van der Waals surface area contributed by atoms with E-state index in [0.29, 0.717) is 24.5 Å². The van der Waals surface area contributed by atoms with Gasteiger partial charge in [-0.1, -0.05) is 12.1 Å². The minimum atomic E-state index is -0.266. The van der Waals surface area contributed by atoms with Crippen LogP contribution in [0.15, 0.2) is 36.5 Å². The summed E-state index contributed by atoms with van der Waals surface area (Å²) in [7, 11) is 0. The van der Waals surface area contributed by atoms with Crippen LogP contribution in [0, 0.1) is 12.7 Å². The topological polar surface area (TPSA) is 48.1 Å². The monoisotopic (exact) mass is 246 g/mol. The Kier molecular flexibility index (Phi) is 3.89. The molecular weight excluding hydrogens is 231 g/mol. The second-order valence-corrected chi connectivity index (χ2v) is 4.01. The van der Waals surface area contributed by atoms with Gasteiger partial charge in [0.2, 0.25) is 0 Å². The van der Waals surface area contributed by atoms with Gasteiger partial charge in [-0.3, -0.25) is 4.98 Å². The molecule has 2 rings (SSSR count). The number of rotatable bonds is 4. The molecule has 1 aromatic carbocycles. The molecule has 3 nitrogen and oxygen atoms in total. The average molecular weight is 246 g/mol. The summed E-state index contributed by atoms with van der Waals surface area (Å²) in [6, 6.07) is 8.55. The van der Waals surface area contributed by atoms with Gasteiger partial charge in [-0.15, -0.1) is 0 Å². The van der Waals surface area contributed by atoms with Crippen LogP contribution in [0.3, 0.4) is 0 Å². The SMILES string of the molecule is Cc1ccc(OCc2cccnc2CN)cc1F. The van der Waals surface area contributed by atoms with E-state index < -0.39 is 0 Å². The Bertz CT molecular complexity index is 543. The van der Waals surface area contributed by atoms with E-state index in [-0.39, 0.29) is 5.82 Å². The van der Waals surface area contributed by atoms with Crippen molar-refractivity contribution in [2.24, 2.45) is 5.73 Å². The highest BCUT2D eigenvalue weighted by molar-refractivity contribution is 5.28. The fraction of sp³-hybridized carbons (Fsp3) is 0.214. The molecule has 1 aromatic heterocycles. The van der Waals surface area contributed by atoms with Crippen molar-refractivity contribution in [2.75, 3.05) is 0 Å². The van der Waals surface area contributed by atoms with E-state index in [1.807, 2.05) is 12.1 Å². The van der Waals surface area contributed by atoms with Gasteiger partial charge in [0, 0.05) is 24.4 Å². The van der Waals surface area contributed by atoms with Crippen molar-refractivity contribution in [3.8, 4) is 5.75 Å². The van der Waals surface area contributed by atoms with E-state index in [4.69, 9.17) is 10.5 Å². The molecule has 2 aromatic rings. The number of hydrogen-bond donors (Lipinski definition) is 1. The van der Waals surface area contributed by atoms with E-state index >= 15 is 0 Å². The molecule has 0 aliphatic rings. The van der Waals surface area contributed by atoms with Crippen molar-refractivity contribution in [2.45, 2.75) is 20.1 Å². The number of halogens is 1. The summed E-state index contributed by atoms with van der Waals surface area (Å²) in [4.78, 5) is 4.16. The molecule has 0 radical (unpaired) electrons. The van der Waals surface area contributed by atoms with Gasteiger partial charge in [0.25, 0.3) is 0 Å². The highest BCUT2D eigenvalue weighted by Crippen LogP contribution is 2.17. The van der Waals surface area contributed by atoms with Gasteiger partial charge >= 0.3 is 0 Å². The van der Waals surface area contributed by atoms with Gasteiger partial charge in [-0.25, -0.2) is 4.39 Å². The summed E-state index contributed by atoms with van der Waals surface area (Å²) in [5, 5.41) is 0. The minimum Gasteiger partial charge on any atom is -0.489 e. The molecule has 0 fully saturated rings. The van der Waals surface area contributed by atoms with Gasteiger partial charge in [0.05, 0.1) is 5.69 Å². The predicted octanol–water partition coefficient (Wildman–Crippen LogP) is 2.57. The first-order valence-corrected chi connectivity index (χ1v) is 5.72. The summed E-state index contributed by atoms with van der Waals surface area (Å²) in [5.41, 5.74) is 7.90. The van der Waals surface area contributed by atoms with Crippen LogP contribution in [-0.2, 0) is 13.2 Å². The van der Waals surface area contributed by atoms with Gasteiger partial charge in [0.15, 0.2) is 0 Å². The van der Waals surface area contributed by atoms with E-state index in [9.17, 15) is 4.39 Å². The lowest BCUT2D eigenvalue weighted by molar-refractivity contribution is 0.302. The Hall–Kier alpha value is -1.94. The molecule has 0 spiro atoms. The molecule has 94 valence electrons. The maximum atomic E-state index is 13.3. The Balaban J connectivity index is 2.09. The highest BCUT2D eigenvalue weighted by Gasteiger charge is 2.04. The van der Waals surface area contributed by atoms with Crippen molar-refractivity contribution in [3.05, 3.63) is 59.2 Å². The van der Waals surface area contributed by atoms with E-state index in [0.717, 1.165) is 11.3 Å². The number of aromatic nitrogens is 1. The first kappa shape index (κ1) is 12.5. The lowest BCUT2D eigenvalue weighted by Crippen LogP contribution is -2.06. The van der Waals surface area contributed by atoms with E-state index in [2.05, 4.69) is 4.98 Å². The Morgan fingerprint density at radius 2 is 2.17 bits per heavy atom. The zero-order valence-electron chi connectivity index (χ0n) is 10.2. The van der Waals surface area contributed by atoms with Gasteiger partial charge in [0.1, 0.15) is 18.2 Å². The Morgan fingerprint density at radius 3 is 2.89 bits per heavy atom. The smallest absolute Gasteiger partial charge is 0.129 e. The van der Waals surface area contributed by atoms with E-state index in [1.54, 1.807) is 25.3 Å². The fourth-order valence-corrected chi connectivity index (χ4v) is 1.61. The molecule has 0 unspecified atom stereocenters. The summed E-state index contributed by atoms with van der Waals surface area (Å²) >= 11 is 0. The summed E-state index contributed by atoms with van der Waals surface area (Å²) in [6.07, 6.45) is 1.69. The fourth-order valence-electron chi connectivity index (χ4n) is 1.61. The van der Waals surface area contributed by atoms with Crippen LogP contribution >= 0.6 is 0 Å². The third-order valence-corrected chi connectivity index (χ3v) is 2.72. The third kappa shape index (κ3) is 2.84. The normalized spacial score (nSPS) is 10.4. The molecule has 2 N–H and O–H groups in total. The number of hydrogen-bond acceptors (Lipinski definition) is 3. The molecule has 0 aliphatic carbocycles. The molecule has 0 saturated carbocycles. The molecule has 0 atom stereocenters. The molecule has 0 amide bonds. The number of ether oxygens (including phenoxy) is 1. The standard InChI is InChI=1S/C14H15FN2O/c1-10-4-5-12(7-13(10)15)18-9-11-3-2-6-17-14(11)8-16/h2-7H,8-9,16H2,1H3. The molecular formula is C14H15FN2O. The summed E-state index contributed by atoms with van der Waals surface area (Å²) in [6.45, 7) is 2.41. The number of benzene rings is 1. The Labute approximate surface area is 105 Å². The lowest BCUT2D eigenvalue weighted by atomic mass is 10.2. The van der Waals surface area contributed by atoms with Crippen molar-refractivity contribution in [1.82, 2.24) is 4.98 Å². The van der Waals surface area contributed by atoms with Crippen LogP contribution in [-0.4, -0.2) is 4.98 Å². The molecule has 18 heavy (non-hydrogen) atoms. The quantitative estimate of drug-likeness (QED) is 0.902. The van der Waals surface area contributed by atoms with Crippen molar-refractivity contribution < 1.29 is 9.13 Å². The summed E-state index contributed by atoms with van der Waals surface area (Å²) in [5.74, 6) is 0.239. The van der Waals surface area contributed by atoms with Crippen molar-refractivity contribution in [1.29, 1.82) is 0 Å². The summed E-state index contributed by atoms with van der Waals surface area (Å²) < 4.78 is 18.9. The van der Waals surface area contributed by atoms with E-state index in [1.165, 1.54) is 6.07 Å². The molecule has 4 heteroatoms. The largest absolute Gasteiger partial charge is 0.489 e. The maximum absolute atomic E-state index is 13.3. The second kappa shape index (κ2) is 5.60. The van der Waals surface area contributed by atoms with Crippen LogP contribution < -0.4 is 10.5 Å². The van der Waals surface area contributed by atoms with Gasteiger partial charge in [-0.05, 0) is 24.6 Å². The average Bonchev–Trinajstić information content (AvgIpc) is 2.40. The van der Waals surface area contributed by atoms with Crippen LogP contribution in [0.2, 0.25) is 0 Å². The number of nitrogens with zero attached hydrogens (tertiary/aromatic N) is 1. The lowest BCUT2D eigenvalue weighted by Gasteiger charge is -2.09. The first-order valence-electron chi connectivity index (χ1n) is 5.72. The van der Waals surface area contributed by atoms with Crippen molar-refractivity contribution in [3.63, 3.8) is 0 Å². The van der Waals surface area contributed by atoms with Crippen molar-refractivity contribution >= 4 is 0 Å². The van der Waals surface area contributed by atoms with Crippen LogP contribution in [0.5, 0.6) is 5.75 Å². The zero-order chi connectivity index (χ0) is 13.0. The van der Waals surface area contributed by atoms with Crippen LogP contribution in [0.1, 0.15) is 16.8 Å². The molecule has 0 bridgehead atoms.